The predicted octanol–water partition coefficient (Wildman–Crippen LogP) is 4.99. The third kappa shape index (κ3) is 2.70. The number of halogens is 3. The molecule has 1 aromatic heterocycles. The van der Waals surface area contributed by atoms with E-state index in [-0.39, 0.29) is 10.7 Å². The summed E-state index contributed by atoms with van der Waals surface area (Å²) in [7, 11) is 0. The van der Waals surface area contributed by atoms with E-state index in [0.717, 1.165) is 16.8 Å². The summed E-state index contributed by atoms with van der Waals surface area (Å²) in [5, 5.41) is 5.60. The van der Waals surface area contributed by atoms with Crippen molar-refractivity contribution >= 4 is 73.1 Å². The number of carbonyl (C=O) groups excluding carboxylic acids is 1. The fraction of sp³-hybridized carbons (Fsp3) is 0.154. The lowest BCUT2D eigenvalue weighted by atomic mass is 10.0. The second-order valence-corrected chi connectivity index (χ2v) is 8.43. The van der Waals surface area contributed by atoms with Crippen molar-refractivity contribution in [2.45, 2.75) is 11.2 Å². The Labute approximate surface area is 141 Å². The molecule has 0 saturated heterocycles. The van der Waals surface area contributed by atoms with Crippen molar-refractivity contribution in [2.24, 2.45) is 0 Å². The number of fused-ring (bicyclic) bond motifs is 1. The van der Waals surface area contributed by atoms with Crippen molar-refractivity contribution in [2.75, 3.05) is 5.32 Å². The van der Waals surface area contributed by atoms with Gasteiger partial charge in [-0.15, -0.1) is 11.3 Å². The van der Waals surface area contributed by atoms with E-state index < -0.39 is 0 Å². The van der Waals surface area contributed by atoms with Crippen LogP contribution in [0.2, 0.25) is 5.02 Å². The number of nitrogens with one attached hydrogen (secondary N) is 1. The van der Waals surface area contributed by atoms with E-state index in [1.807, 2.05) is 12.1 Å². The van der Waals surface area contributed by atoms with Crippen molar-refractivity contribution < 1.29 is 4.79 Å². The Balaban J connectivity index is 2.02. The molecule has 19 heavy (non-hydrogen) atoms. The zero-order valence-electron chi connectivity index (χ0n) is 9.54. The third-order valence-corrected chi connectivity index (χ3v) is 6.16. The summed E-state index contributed by atoms with van der Waals surface area (Å²) in [4.78, 5) is 11.5. The number of thiophene rings is 1. The number of benzene rings is 1. The van der Waals surface area contributed by atoms with Crippen LogP contribution in [-0.4, -0.2) is 5.91 Å². The number of carbonyl (C=O) groups is 1. The highest BCUT2D eigenvalue weighted by atomic mass is 127. The number of hydrogen-bond acceptors (Lipinski definition) is 2. The first-order chi connectivity index (χ1) is 9.04. The molecule has 1 unspecified atom stereocenters. The van der Waals surface area contributed by atoms with Gasteiger partial charge in [0, 0.05) is 10.7 Å². The number of anilines is 1. The molecule has 2 aromatic rings. The highest BCUT2D eigenvalue weighted by Gasteiger charge is 2.23. The first kappa shape index (κ1) is 13.9. The molecule has 0 aliphatic carbocycles. The molecule has 2 heterocycles. The minimum Gasteiger partial charge on any atom is -0.325 e. The SMILES string of the molecule is O=C1Cc2cc(C(Br)c3csc(I)c3)c(Cl)cc2N1. The molecule has 0 spiro atoms. The van der Waals surface area contributed by atoms with E-state index in [0.29, 0.717) is 11.4 Å². The molecule has 1 aromatic carbocycles. The summed E-state index contributed by atoms with van der Waals surface area (Å²) >= 11 is 14.0. The van der Waals surface area contributed by atoms with Crippen LogP contribution < -0.4 is 5.32 Å². The predicted molar refractivity (Wildman–Crippen MR) is 91.6 cm³/mol. The lowest BCUT2D eigenvalue weighted by molar-refractivity contribution is -0.115. The molecular weight excluding hydrogens is 460 g/mol. The molecule has 2 nitrogen and oxygen atoms in total. The van der Waals surface area contributed by atoms with Crippen LogP contribution in [0.3, 0.4) is 0 Å². The molecule has 1 aliphatic rings. The summed E-state index contributed by atoms with van der Waals surface area (Å²) in [5.41, 5.74) is 4.04. The van der Waals surface area contributed by atoms with E-state index in [1.54, 1.807) is 11.3 Å². The van der Waals surface area contributed by atoms with Gasteiger partial charge in [0.25, 0.3) is 0 Å². The van der Waals surface area contributed by atoms with Gasteiger partial charge in [0.1, 0.15) is 0 Å². The second-order valence-electron chi connectivity index (χ2n) is 4.30. The van der Waals surface area contributed by atoms with Gasteiger partial charge in [0.15, 0.2) is 0 Å². The van der Waals surface area contributed by atoms with Crippen LogP contribution >= 0.6 is 61.5 Å². The number of rotatable bonds is 2. The molecule has 1 aliphatic heterocycles. The van der Waals surface area contributed by atoms with Gasteiger partial charge in [-0.2, -0.15) is 0 Å². The summed E-state index contributed by atoms with van der Waals surface area (Å²) in [6.45, 7) is 0. The molecule has 3 rings (SSSR count). The first-order valence-corrected chi connectivity index (χ1v) is 8.80. The second kappa shape index (κ2) is 5.35. The number of alkyl halides is 1. The van der Waals surface area contributed by atoms with E-state index >= 15 is 0 Å². The monoisotopic (exact) mass is 467 g/mol. The lowest BCUT2D eigenvalue weighted by Crippen LogP contribution is -2.03. The Morgan fingerprint density at radius 1 is 1.42 bits per heavy atom. The van der Waals surface area contributed by atoms with Crippen LogP contribution in [0.5, 0.6) is 0 Å². The Bertz CT molecular complexity index is 673. The van der Waals surface area contributed by atoms with E-state index in [4.69, 9.17) is 11.6 Å². The summed E-state index contributed by atoms with van der Waals surface area (Å²) < 4.78 is 1.24. The molecule has 6 heteroatoms. The molecule has 1 amide bonds. The molecule has 0 fully saturated rings. The largest absolute Gasteiger partial charge is 0.325 e. The molecule has 0 bridgehead atoms. The highest BCUT2D eigenvalue weighted by molar-refractivity contribution is 14.1. The van der Waals surface area contributed by atoms with Gasteiger partial charge < -0.3 is 5.32 Å². The van der Waals surface area contributed by atoms with Crippen molar-refractivity contribution in [1.29, 1.82) is 0 Å². The fourth-order valence-electron chi connectivity index (χ4n) is 2.10. The standard InChI is InChI=1S/C13H8BrClINOS/c14-13(7-2-11(16)19-5-7)8-1-6-3-12(18)17-10(6)4-9(8)15/h1-2,4-5,13H,3H2,(H,17,18). The number of hydrogen-bond donors (Lipinski definition) is 1. The van der Waals surface area contributed by atoms with Gasteiger partial charge >= 0.3 is 0 Å². The van der Waals surface area contributed by atoms with Crippen LogP contribution in [0.25, 0.3) is 0 Å². The lowest BCUT2D eigenvalue weighted by Gasteiger charge is -2.12. The molecule has 0 radical (unpaired) electrons. The zero-order valence-corrected chi connectivity index (χ0v) is 14.9. The van der Waals surface area contributed by atoms with Crippen molar-refractivity contribution in [3.8, 4) is 0 Å². The first-order valence-electron chi connectivity index (χ1n) is 5.55. The molecular formula is C13H8BrClINOS. The fourth-order valence-corrected chi connectivity index (χ4v) is 4.72. The normalized spacial score (nSPS) is 15.2. The van der Waals surface area contributed by atoms with Crippen LogP contribution in [0.4, 0.5) is 5.69 Å². The van der Waals surface area contributed by atoms with E-state index in [9.17, 15) is 4.79 Å². The number of amides is 1. The van der Waals surface area contributed by atoms with Gasteiger partial charge in [-0.25, -0.2) is 0 Å². The van der Waals surface area contributed by atoms with Crippen molar-refractivity contribution in [3.63, 3.8) is 0 Å². The van der Waals surface area contributed by atoms with Crippen molar-refractivity contribution in [1.82, 2.24) is 0 Å². The maximum Gasteiger partial charge on any atom is 0.228 e. The molecule has 0 saturated carbocycles. The maximum absolute atomic E-state index is 11.4. The zero-order chi connectivity index (χ0) is 13.6. The average molecular weight is 469 g/mol. The van der Waals surface area contributed by atoms with Crippen LogP contribution in [0.1, 0.15) is 21.5 Å². The van der Waals surface area contributed by atoms with Crippen molar-refractivity contribution in [3.05, 3.63) is 48.2 Å². The Morgan fingerprint density at radius 3 is 2.89 bits per heavy atom. The molecule has 1 N–H and O–H groups in total. The Hall–Kier alpha value is -0.110. The van der Waals surface area contributed by atoms with E-state index in [2.05, 4.69) is 55.3 Å². The van der Waals surface area contributed by atoms with Crippen LogP contribution in [-0.2, 0) is 11.2 Å². The Morgan fingerprint density at radius 2 is 2.21 bits per heavy atom. The minimum absolute atomic E-state index is 0.0272. The summed E-state index contributed by atoms with van der Waals surface area (Å²) in [6.07, 6.45) is 0.431. The Kier molecular flexibility index (Phi) is 3.90. The molecule has 98 valence electrons. The quantitative estimate of drug-likeness (QED) is 0.489. The van der Waals surface area contributed by atoms with E-state index in [1.165, 1.54) is 8.45 Å². The van der Waals surface area contributed by atoms with Crippen LogP contribution in [0.15, 0.2) is 23.6 Å². The third-order valence-electron chi connectivity index (χ3n) is 3.00. The van der Waals surface area contributed by atoms with Gasteiger partial charge in [-0.3, -0.25) is 4.79 Å². The molecule has 1 atom stereocenters. The summed E-state index contributed by atoms with van der Waals surface area (Å²) in [5.74, 6) is 0.0272. The maximum atomic E-state index is 11.4. The minimum atomic E-state index is 0.0272. The highest BCUT2D eigenvalue weighted by Crippen LogP contribution is 2.40. The smallest absolute Gasteiger partial charge is 0.228 e. The summed E-state index contributed by atoms with van der Waals surface area (Å²) in [6, 6.07) is 5.99. The van der Waals surface area contributed by atoms with Gasteiger partial charge in [-0.1, -0.05) is 33.6 Å². The van der Waals surface area contributed by atoms with Gasteiger partial charge in [-0.05, 0) is 56.8 Å². The topological polar surface area (TPSA) is 29.1 Å². The van der Waals surface area contributed by atoms with Gasteiger partial charge in [0.05, 0.1) is 14.1 Å². The van der Waals surface area contributed by atoms with Crippen LogP contribution in [0, 0.1) is 2.88 Å². The average Bonchev–Trinajstić information content (AvgIpc) is 2.92. The van der Waals surface area contributed by atoms with Gasteiger partial charge in [0.2, 0.25) is 5.91 Å².